The lowest BCUT2D eigenvalue weighted by molar-refractivity contribution is 0.0598. The summed E-state index contributed by atoms with van der Waals surface area (Å²) in [6.45, 7) is 4.30. The van der Waals surface area contributed by atoms with E-state index in [0.29, 0.717) is 39.9 Å². The number of hydrogen-bond donors (Lipinski definition) is 1. The van der Waals surface area contributed by atoms with Gasteiger partial charge in [0, 0.05) is 35.3 Å². The number of hydrogen-bond acceptors (Lipinski definition) is 5. The van der Waals surface area contributed by atoms with Gasteiger partial charge in [-0.3, -0.25) is 14.6 Å². The van der Waals surface area contributed by atoms with Gasteiger partial charge in [-0.2, -0.15) is 0 Å². The van der Waals surface area contributed by atoms with Gasteiger partial charge < -0.3 is 10.2 Å². The van der Waals surface area contributed by atoms with Crippen molar-refractivity contribution in [3.63, 3.8) is 0 Å². The van der Waals surface area contributed by atoms with Crippen LogP contribution in [0.3, 0.4) is 0 Å². The molecule has 164 valence electrons. The number of halogens is 1. The molecule has 7 nitrogen and oxygen atoms in total. The molecule has 1 N–H and O–H groups in total. The molecule has 2 aromatic heterocycles. The molecular formula is C24H24ClN5O2. The maximum Gasteiger partial charge on any atom is 0.259 e. The minimum atomic E-state index is -0.293. The number of pyridine rings is 1. The molecule has 1 saturated heterocycles. The molecule has 1 fully saturated rings. The predicted molar refractivity (Wildman–Crippen MR) is 123 cm³/mol. The summed E-state index contributed by atoms with van der Waals surface area (Å²) in [6.07, 6.45) is 5.85. The lowest BCUT2D eigenvalue weighted by Crippen LogP contribution is -2.39. The lowest BCUT2D eigenvalue weighted by atomic mass is 10.00. The summed E-state index contributed by atoms with van der Waals surface area (Å²) in [4.78, 5) is 41.0. The number of amides is 2. The first-order chi connectivity index (χ1) is 15.4. The van der Waals surface area contributed by atoms with E-state index in [1.54, 1.807) is 43.5 Å². The van der Waals surface area contributed by atoms with E-state index < -0.39 is 0 Å². The summed E-state index contributed by atoms with van der Waals surface area (Å²) >= 11 is 5.90. The van der Waals surface area contributed by atoms with Gasteiger partial charge in [0.25, 0.3) is 11.8 Å². The van der Waals surface area contributed by atoms with Crippen LogP contribution in [0, 0.1) is 13.8 Å². The largest absolute Gasteiger partial charge is 0.328 e. The number of nitrogens with one attached hydrogen (secondary N) is 1. The smallest absolute Gasteiger partial charge is 0.259 e. The fourth-order valence-corrected chi connectivity index (χ4v) is 3.93. The van der Waals surface area contributed by atoms with Crippen molar-refractivity contribution in [1.82, 2.24) is 19.9 Å². The Morgan fingerprint density at radius 2 is 1.81 bits per heavy atom. The monoisotopic (exact) mass is 449 g/mol. The minimum Gasteiger partial charge on any atom is -0.328 e. The highest BCUT2D eigenvalue weighted by Gasteiger charge is 2.31. The Morgan fingerprint density at radius 1 is 1.03 bits per heavy atom. The van der Waals surface area contributed by atoms with Crippen molar-refractivity contribution in [2.75, 3.05) is 11.9 Å². The van der Waals surface area contributed by atoms with E-state index in [1.807, 2.05) is 17.9 Å². The van der Waals surface area contributed by atoms with Crippen molar-refractivity contribution in [2.24, 2.45) is 0 Å². The molecule has 0 aliphatic carbocycles. The number of rotatable bonds is 4. The zero-order valence-corrected chi connectivity index (χ0v) is 18.8. The molecule has 1 atom stereocenters. The Kier molecular flexibility index (Phi) is 6.46. The van der Waals surface area contributed by atoms with Crippen molar-refractivity contribution >= 4 is 29.1 Å². The van der Waals surface area contributed by atoms with Crippen LogP contribution < -0.4 is 5.32 Å². The number of piperidine rings is 1. The van der Waals surface area contributed by atoms with Crippen molar-refractivity contribution < 1.29 is 9.59 Å². The summed E-state index contributed by atoms with van der Waals surface area (Å²) in [5, 5.41) is 3.43. The van der Waals surface area contributed by atoms with Crippen LogP contribution in [0.1, 0.15) is 63.2 Å². The zero-order chi connectivity index (χ0) is 22.7. The van der Waals surface area contributed by atoms with E-state index in [1.165, 1.54) is 6.20 Å². The lowest BCUT2D eigenvalue weighted by Gasteiger charge is -2.35. The number of aryl methyl sites for hydroxylation is 2. The number of benzene rings is 1. The molecular weight excluding hydrogens is 426 g/mol. The molecule has 1 aromatic carbocycles. The van der Waals surface area contributed by atoms with E-state index >= 15 is 0 Å². The molecule has 3 aromatic rings. The average molecular weight is 450 g/mol. The fraction of sp³-hybridized carbons (Fsp3) is 0.292. The third-order valence-corrected chi connectivity index (χ3v) is 5.82. The van der Waals surface area contributed by atoms with Gasteiger partial charge in [-0.25, -0.2) is 9.97 Å². The Balaban J connectivity index is 1.54. The SMILES string of the molecule is Cc1ccc(C(=O)N2CCCCC2c2ncc(C(=O)Nc3ccc(Cl)cc3)c(C)n2)cn1. The molecule has 2 amide bonds. The van der Waals surface area contributed by atoms with E-state index in [9.17, 15) is 9.59 Å². The van der Waals surface area contributed by atoms with Crippen LogP contribution in [-0.2, 0) is 0 Å². The number of aromatic nitrogens is 3. The van der Waals surface area contributed by atoms with Gasteiger partial charge in [-0.15, -0.1) is 0 Å². The van der Waals surface area contributed by atoms with Gasteiger partial charge in [0.15, 0.2) is 5.82 Å². The third kappa shape index (κ3) is 4.78. The van der Waals surface area contributed by atoms with E-state index in [2.05, 4.69) is 20.3 Å². The number of likely N-dealkylation sites (tertiary alicyclic amines) is 1. The van der Waals surface area contributed by atoms with Crippen LogP contribution in [0.4, 0.5) is 5.69 Å². The van der Waals surface area contributed by atoms with Crippen LogP contribution in [0.5, 0.6) is 0 Å². The first-order valence-corrected chi connectivity index (χ1v) is 10.9. The molecule has 0 spiro atoms. The molecule has 1 aliphatic rings. The highest BCUT2D eigenvalue weighted by molar-refractivity contribution is 6.30. The summed E-state index contributed by atoms with van der Waals surface area (Å²) in [6, 6.07) is 10.3. The molecule has 0 radical (unpaired) electrons. The molecule has 32 heavy (non-hydrogen) atoms. The summed E-state index contributed by atoms with van der Waals surface area (Å²) in [5.74, 6) is 0.186. The molecule has 8 heteroatoms. The van der Waals surface area contributed by atoms with Crippen LogP contribution in [0.2, 0.25) is 5.02 Å². The highest BCUT2D eigenvalue weighted by atomic mass is 35.5. The summed E-state index contributed by atoms with van der Waals surface area (Å²) in [7, 11) is 0. The Morgan fingerprint density at radius 3 is 2.50 bits per heavy atom. The molecule has 4 rings (SSSR count). The molecule has 0 saturated carbocycles. The van der Waals surface area contributed by atoms with E-state index in [-0.39, 0.29) is 17.9 Å². The van der Waals surface area contributed by atoms with E-state index in [0.717, 1.165) is 25.0 Å². The van der Waals surface area contributed by atoms with Crippen molar-refractivity contribution in [3.05, 3.63) is 82.2 Å². The normalized spacial score (nSPS) is 16.0. The van der Waals surface area contributed by atoms with E-state index in [4.69, 9.17) is 11.6 Å². The second-order valence-corrected chi connectivity index (χ2v) is 8.32. The molecule has 1 aliphatic heterocycles. The maximum atomic E-state index is 13.1. The van der Waals surface area contributed by atoms with Crippen molar-refractivity contribution in [2.45, 2.75) is 39.2 Å². The predicted octanol–water partition coefficient (Wildman–Crippen LogP) is 4.76. The fourth-order valence-electron chi connectivity index (χ4n) is 3.80. The maximum absolute atomic E-state index is 13.1. The van der Waals surface area contributed by atoms with Crippen LogP contribution in [0.15, 0.2) is 48.8 Å². The van der Waals surface area contributed by atoms with Crippen LogP contribution in [0.25, 0.3) is 0 Å². The van der Waals surface area contributed by atoms with Gasteiger partial charge in [0.2, 0.25) is 0 Å². The Hall–Kier alpha value is -3.32. The summed E-state index contributed by atoms with van der Waals surface area (Å²) in [5.41, 5.74) is 3.01. The van der Waals surface area contributed by atoms with Gasteiger partial charge in [-0.05, 0) is 69.5 Å². The van der Waals surface area contributed by atoms with Gasteiger partial charge in [0.1, 0.15) is 0 Å². The summed E-state index contributed by atoms with van der Waals surface area (Å²) < 4.78 is 0. The first kappa shape index (κ1) is 21.9. The standard InChI is InChI=1S/C24H24ClN5O2/c1-15-6-7-17(13-26-15)24(32)30-12-4-3-5-21(30)22-27-14-20(16(2)28-22)23(31)29-19-10-8-18(25)9-11-19/h6-11,13-14,21H,3-5,12H2,1-2H3,(H,29,31). The first-order valence-electron chi connectivity index (χ1n) is 10.6. The molecule has 1 unspecified atom stereocenters. The minimum absolute atomic E-state index is 0.0759. The van der Waals surface area contributed by atoms with Crippen molar-refractivity contribution in [3.8, 4) is 0 Å². The number of carbonyl (C=O) groups is 2. The second-order valence-electron chi connectivity index (χ2n) is 7.89. The third-order valence-electron chi connectivity index (χ3n) is 5.56. The van der Waals surface area contributed by atoms with Crippen LogP contribution in [-0.4, -0.2) is 38.2 Å². The number of anilines is 1. The molecule has 0 bridgehead atoms. The van der Waals surface area contributed by atoms with Gasteiger partial charge in [-0.1, -0.05) is 11.6 Å². The number of nitrogens with zero attached hydrogens (tertiary/aromatic N) is 4. The zero-order valence-electron chi connectivity index (χ0n) is 18.0. The van der Waals surface area contributed by atoms with Gasteiger partial charge >= 0.3 is 0 Å². The quantitative estimate of drug-likeness (QED) is 0.620. The Bertz CT molecular complexity index is 1130. The highest BCUT2D eigenvalue weighted by Crippen LogP contribution is 2.30. The van der Waals surface area contributed by atoms with Crippen LogP contribution >= 0.6 is 11.6 Å². The van der Waals surface area contributed by atoms with Gasteiger partial charge in [0.05, 0.1) is 22.9 Å². The average Bonchev–Trinajstić information content (AvgIpc) is 2.80. The number of carbonyl (C=O) groups excluding carboxylic acids is 2. The second kappa shape index (κ2) is 9.44. The Labute approximate surface area is 191 Å². The molecule has 3 heterocycles. The topological polar surface area (TPSA) is 88.1 Å². The van der Waals surface area contributed by atoms with Crippen molar-refractivity contribution in [1.29, 1.82) is 0 Å².